The average molecular weight is 322 g/mol. The van der Waals surface area contributed by atoms with Crippen molar-refractivity contribution in [2.45, 2.75) is 25.3 Å². The maximum absolute atomic E-state index is 12.7. The van der Waals surface area contributed by atoms with E-state index in [9.17, 15) is 4.79 Å². The molecule has 1 amide bonds. The lowest BCUT2D eigenvalue weighted by Gasteiger charge is -2.37. The van der Waals surface area contributed by atoms with Crippen molar-refractivity contribution in [3.8, 4) is 0 Å². The Labute approximate surface area is 137 Å². The molecule has 2 N–H and O–H groups in total. The van der Waals surface area contributed by atoms with Gasteiger partial charge in [0.25, 0.3) is 0 Å². The summed E-state index contributed by atoms with van der Waals surface area (Å²) < 4.78 is 0. The Morgan fingerprint density at radius 1 is 1.27 bits per heavy atom. The van der Waals surface area contributed by atoms with Gasteiger partial charge in [0.15, 0.2) is 0 Å². The van der Waals surface area contributed by atoms with Crippen LogP contribution in [0.15, 0.2) is 24.3 Å². The van der Waals surface area contributed by atoms with Crippen LogP contribution in [0.25, 0.3) is 0 Å². The summed E-state index contributed by atoms with van der Waals surface area (Å²) in [6, 6.07) is 7.96. The fraction of sp³-hybridized carbons (Fsp3) is 0.588. The second-order valence-corrected chi connectivity index (χ2v) is 6.70. The number of nitrogens with zero attached hydrogens (tertiary/aromatic N) is 1. The number of amides is 1. The predicted molar refractivity (Wildman–Crippen MR) is 89.0 cm³/mol. The zero-order valence-electron chi connectivity index (χ0n) is 12.9. The SMILES string of the molecule is O=C(CCC1CCNC1)N1CCNCC1c1cccc(Cl)c1. The van der Waals surface area contributed by atoms with E-state index in [0.29, 0.717) is 12.3 Å². The van der Waals surface area contributed by atoms with Crippen LogP contribution in [0.2, 0.25) is 5.02 Å². The molecule has 120 valence electrons. The summed E-state index contributed by atoms with van der Waals surface area (Å²) in [5.74, 6) is 0.940. The van der Waals surface area contributed by atoms with E-state index >= 15 is 0 Å². The van der Waals surface area contributed by atoms with Crippen LogP contribution in [-0.2, 0) is 4.79 Å². The zero-order chi connectivity index (χ0) is 15.4. The first-order chi connectivity index (χ1) is 10.7. The number of halogens is 1. The van der Waals surface area contributed by atoms with Crippen molar-refractivity contribution in [3.63, 3.8) is 0 Å². The maximum atomic E-state index is 12.7. The molecule has 0 aromatic heterocycles. The highest BCUT2D eigenvalue weighted by molar-refractivity contribution is 6.30. The Kier molecular flexibility index (Phi) is 5.34. The van der Waals surface area contributed by atoms with Crippen LogP contribution >= 0.6 is 11.6 Å². The largest absolute Gasteiger partial charge is 0.333 e. The fourth-order valence-electron chi connectivity index (χ4n) is 3.45. The Morgan fingerprint density at radius 2 is 2.14 bits per heavy atom. The summed E-state index contributed by atoms with van der Waals surface area (Å²) in [5.41, 5.74) is 1.12. The molecule has 2 fully saturated rings. The minimum atomic E-state index is 0.0988. The minimum absolute atomic E-state index is 0.0988. The van der Waals surface area contributed by atoms with E-state index in [2.05, 4.69) is 16.7 Å². The second kappa shape index (κ2) is 7.44. The summed E-state index contributed by atoms with van der Waals surface area (Å²) in [6.07, 6.45) is 2.86. The van der Waals surface area contributed by atoms with Crippen LogP contribution in [0.1, 0.15) is 30.9 Å². The molecule has 2 aliphatic rings. The molecule has 4 nitrogen and oxygen atoms in total. The lowest BCUT2D eigenvalue weighted by atomic mass is 9.99. The van der Waals surface area contributed by atoms with E-state index in [-0.39, 0.29) is 11.9 Å². The van der Waals surface area contributed by atoms with E-state index in [4.69, 9.17) is 11.6 Å². The van der Waals surface area contributed by atoms with Crippen molar-refractivity contribution in [1.82, 2.24) is 15.5 Å². The smallest absolute Gasteiger partial charge is 0.223 e. The molecule has 2 heterocycles. The Hall–Kier alpha value is -1.10. The van der Waals surface area contributed by atoms with Crippen LogP contribution in [0, 0.1) is 5.92 Å². The Morgan fingerprint density at radius 3 is 2.91 bits per heavy atom. The molecule has 3 rings (SSSR count). The molecule has 1 aromatic carbocycles. The molecule has 2 unspecified atom stereocenters. The first-order valence-electron chi connectivity index (χ1n) is 8.20. The number of rotatable bonds is 4. The maximum Gasteiger partial charge on any atom is 0.223 e. The minimum Gasteiger partial charge on any atom is -0.333 e. The van der Waals surface area contributed by atoms with Gasteiger partial charge in [0, 0.05) is 31.1 Å². The van der Waals surface area contributed by atoms with Crippen molar-refractivity contribution < 1.29 is 4.79 Å². The number of nitrogens with one attached hydrogen (secondary N) is 2. The molecule has 2 aliphatic heterocycles. The fourth-order valence-corrected chi connectivity index (χ4v) is 3.65. The summed E-state index contributed by atoms with van der Waals surface area (Å²) in [5, 5.41) is 7.48. The van der Waals surface area contributed by atoms with Gasteiger partial charge < -0.3 is 15.5 Å². The lowest BCUT2D eigenvalue weighted by molar-refractivity contribution is -0.134. The van der Waals surface area contributed by atoms with E-state index in [1.54, 1.807) is 0 Å². The Balaban J connectivity index is 1.65. The summed E-state index contributed by atoms with van der Waals surface area (Å²) in [4.78, 5) is 14.7. The molecular weight excluding hydrogens is 298 g/mol. The third kappa shape index (κ3) is 3.80. The van der Waals surface area contributed by atoms with Crippen LogP contribution in [0.3, 0.4) is 0 Å². The molecule has 0 bridgehead atoms. The highest BCUT2D eigenvalue weighted by atomic mass is 35.5. The van der Waals surface area contributed by atoms with E-state index in [1.165, 1.54) is 6.42 Å². The molecule has 0 spiro atoms. The van der Waals surface area contributed by atoms with Gasteiger partial charge in [-0.05, 0) is 49.5 Å². The van der Waals surface area contributed by atoms with Crippen LogP contribution in [0.4, 0.5) is 0 Å². The van der Waals surface area contributed by atoms with Crippen molar-refractivity contribution in [2.75, 3.05) is 32.7 Å². The van der Waals surface area contributed by atoms with Gasteiger partial charge in [0.2, 0.25) is 5.91 Å². The predicted octanol–water partition coefficient (Wildman–Crippen LogP) is 2.20. The van der Waals surface area contributed by atoms with Gasteiger partial charge in [-0.25, -0.2) is 0 Å². The standard InChI is InChI=1S/C17H24ClN3O/c18-15-3-1-2-14(10-15)16-12-20-8-9-21(16)17(22)5-4-13-6-7-19-11-13/h1-3,10,13,16,19-20H,4-9,11-12H2. The van der Waals surface area contributed by atoms with Gasteiger partial charge in [-0.3, -0.25) is 4.79 Å². The lowest BCUT2D eigenvalue weighted by Crippen LogP contribution is -2.48. The van der Waals surface area contributed by atoms with Crippen LogP contribution in [0.5, 0.6) is 0 Å². The first kappa shape index (κ1) is 15.8. The highest BCUT2D eigenvalue weighted by Gasteiger charge is 2.28. The number of hydrogen-bond acceptors (Lipinski definition) is 3. The van der Waals surface area contributed by atoms with Crippen molar-refractivity contribution >= 4 is 17.5 Å². The molecule has 0 radical (unpaired) electrons. The van der Waals surface area contributed by atoms with Gasteiger partial charge >= 0.3 is 0 Å². The van der Waals surface area contributed by atoms with Crippen LogP contribution < -0.4 is 10.6 Å². The third-order valence-corrected chi connectivity index (χ3v) is 4.96. The van der Waals surface area contributed by atoms with E-state index < -0.39 is 0 Å². The molecular formula is C17H24ClN3O. The number of benzene rings is 1. The first-order valence-corrected chi connectivity index (χ1v) is 8.58. The van der Waals surface area contributed by atoms with Crippen molar-refractivity contribution in [2.24, 2.45) is 5.92 Å². The van der Waals surface area contributed by atoms with Gasteiger partial charge in [0.05, 0.1) is 6.04 Å². The van der Waals surface area contributed by atoms with E-state index in [0.717, 1.165) is 49.7 Å². The van der Waals surface area contributed by atoms with E-state index in [1.807, 2.05) is 23.1 Å². The van der Waals surface area contributed by atoms with Gasteiger partial charge in [-0.2, -0.15) is 0 Å². The second-order valence-electron chi connectivity index (χ2n) is 6.26. The Bertz CT molecular complexity index is 516. The molecule has 1 aromatic rings. The normalized spacial score (nSPS) is 25.4. The summed E-state index contributed by atoms with van der Waals surface area (Å²) in [7, 11) is 0. The quantitative estimate of drug-likeness (QED) is 0.893. The summed E-state index contributed by atoms with van der Waals surface area (Å²) in [6.45, 7) is 4.61. The van der Waals surface area contributed by atoms with Gasteiger partial charge in [0.1, 0.15) is 0 Å². The van der Waals surface area contributed by atoms with Crippen molar-refractivity contribution in [1.29, 1.82) is 0 Å². The number of carbonyl (C=O) groups is 1. The molecule has 2 saturated heterocycles. The molecule has 0 saturated carbocycles. The molecule has 22 heavy (non-hydrogen) atoms. The molecule has 2 atom stereocenters. The van der Waals surface area contributed by atoms with Crippen LogP contribution in [-0.4, -0.2) is 43.5 Å². The summed E-state index contributed by atoms with van der Waals surface area (Å²) >= 11 is 6.11. The number of carbonyl (C=O) groups excluding carboxylic acids is 1. The van der Waals surface area contributed by atoms with Gasteiger partial charge in [-0.15, -0.1) is 0 Å². The highest BCUT2D eigenvalue weighted by Crippen LogP contribution is 2.26. The molecule has 5 heteroatoms. The number of piperazine rings is 1. The average Bonchev–Trinajstić information content (AvgIpc) is 3.06. The van der Waals surface area contributed by atoms with Crippen molar-refractivity contribution in [3.05, 3.63) is 34.9 Å². The molecule has 0 aliphatic carbocycles. The number of hydrogen-bond donors (Lipinski definition) is 2. The monoisotopic (exact) mass is 321 g/mol. The third-order valence-electron chi connectivity index (χ3n) is 4.73. The zero-order valence-corrected chi connectivity index (χ0v) is 13.6. The topological polar surface area (TPSA) is 44.4 Å². The van der Waals surface area contributed by atoms with Gasteiger partial charge in [-0.1, -0.05) is 23.7 Å².